The van der Waals surface area contributed by atoms with Crippen LogP contribution in [0.2, 0.25) is 0 Å². The lowest BCUT2D eigenvalue weighted by atomic mass is 10.0. The molecule has 0 heterocycles. The highest BCUT2D eigenvalue weighted by Gasteiger charge is 2.30. The first-order valence-electron chi connectivity index (χ1n) is 39.8. The van der Waals surface area contributed by atoms with Gasteiger partial charge in [0.2, 0.25) is 0 Å². The third-order valence-electron chi connectivity index (χ3n) is 17.9. The molecule has 3 N–H and O–H groups in total. The van der Waals surface area contributed by atoms with Crippen LogP contribution in [-0.2, 0) is 65.4 Å². The quantitative estimate of drug-likeness (QED) is 0.0222. The van der Waals surface area contributed by atoms with E-state index in [2.05, 4.69) is 48.5 Å². The van der Waals surface area contributed by atoms with E-state index >= 15 is 0 Å². The van der Waals surface area contributed by atoms with Gasteiger partial charge in [-0.05, 0) is 43.4 Å². The molecule has 0 aromatic carbocycles. The van der Waals surface area contributed by atoms with E-state index in [-0.39, 0.29) is 25.7 Å². The SMILES string of the molecule is CCCCCCCCCCCCC(=O)OC[C@H](COP(=O)(O)OC[C@H](O)COP(=O)(O)OC[C@@H](COC(=O)CCCCCCCCCCCCCCCCC(C)C)OC(=O)CCCCCCCCCCCCCCCCC(C)C)OC(=O)CCCCCCCCCCCC(C)C. The van der Waals surface area contributed by atoms with Crippen LogP contribution in [0.5, 0.6) is 0 Å². The van der Waals surface area contributed by atoms with Gasteiger partial charge in [-0.25, -0.2) is 9.13 Å². The fourth-order valence-corrected chi connectivity index (χ4v) is 13.4. The maximum absolute atomic E-state index is 13.1. The number of esters is 4. The standard InChI is InChI=1S/C77H150O17P2/c1-8-9-10-11-12-13-30-37-44-51-58-74(79)87-64-73(94-77(82)61-54-47-40-33-26-29-36-43-50-57-70(6)7)67-92-96(85,86)90-63-71(78)62-89-95(83,84)91-66-72(93-76(81)60-53-46-39-32-25-21-17-15-19-23-28-35-42-49-56-69(4)5)65-88-75(80)59-52-45-38-31-24-20-16-14-18-22-27-34-41-48-55-68(2)3/h68-73,78H,8-67H2,1-7H3,(H,83,84)(H,85,86)/t71-,72-,73-/m1/s1. The number of hydrogen-bond donors (Lipinski definition) is 3. The van der Waals surface area contributed by atoms with Crippen LogP contribution in [-0.4, -0.2) is 96.7 Å². The summed E-state index contributed by atoms with van der Waals surface area (Å²) in [5, 5.41) is 10.6. The van der Waals surface area contributed by atoms with E-state index in [9.17, 15) is 43.2 Å². The Morgan fingerprint density at radius 1 is 0.281 bits per heavy atom. The monoisotopic (exact) mass is 1410 g/mol. The molecule has 0 aliphatic carbocycles. The second-order valence-corrected chi connectivity index (χ2v) is 32.1. The summed E-state index contributed by atoms with van der Waals surface area (Å²) in [5.74, 6) is 0.215. The first-order chi connectivity index (χ1) is 46.2. The van der Waals surface area contributed by atoms with Crippen molar-refractivity contribution >= 4 is 39.5 Å². The zero-order valence-electron chi connectivity index (χ0n) is 62.8. The number of aliphatic hydroxyl groups is 1. The van der Waals surface area contributed by atoms with Crippen molar-refractivity contribution in [2.45, 2.75) is 414 Å². The molecule has 0 saturated carbocycles. The molecule has 5 atom stereocenters. The van der Waals surface area contributed by atoms with Crippen LogP contribution in [0, 0.1) is 17.8 Å². The van der Waals surface area contributed by atoms with Crippen molar-refractivity contribution in [3.8, 4) is 0 Å². The summed E-state index contributed by atoms with van der Waals surface area (Å²) in [4.78, 5) is 72.8. The van der Waals surface area contributed by atoms with Gasteiger partial charge in [0.15, 0.2) is 12.2 Å². The summed E-state index contributed by atoms with van der Waals surface area (Å²) in [6, 6.07) is 0. The van der Waals surface area contributed by atoms with Gasteiger partial charge in [0.1, 0.15) is 19.3 Å². The van der Waals surface area contributed by atoms with Crippen molar-refractivity contribution < 1.29 is 80.2 Å². The predicted molar refractivity (Wildman–Crippen MR) is 391 cm³/mol. The fourth-order valence-electron chi connectivity index (χ4n) is 11.8. The minimum atomic E-state index is -4.96. The third-order valence-corrected chi connectivity index (χ3v) is 19.8. The zero-order chi connectivity index (χ0) is 70.9. The van der Waals surface area contributed by atoms with Gasteiger partial charge in [-0.3, -0.25) is 37.3 Å². The molecule has 0 aliphatic heterocycles. The highest BCUT2D eigenvalue weighted by molar-refractivity contribution is 7.47. The molecule has 0 radical (unpaired) electrons. The zero-order valence-corrected chi connectivity index (χ0v) is 64.6. The maximum Gasteiger partial charge on any atom is 0.472 e. The smallest absolute Gasteiger partial charge is 0.462 e. The Bertz CT molecular complexity index is 1870. The van der Waals surface area contributed by atoms with Gasteiger partial charge in [0, 0.05) is 25.7 Å². The van der Waals surface area contributed by atoms with Crippen molar-refractivity contribution in [2.75, 3.05) is 39.6 Å². The summed E-state index contributed by atoms with van der Waals surface area (Å²) in [6.07, 6.45) is 54.1. The maximum atomic E-state index is 13.1. The molecule has 19 heteroatoms. The van der Waals surface area contributed by atoms with Crippen LogP contribution in [0.4, 0.5) is 0 Å². The lowest BCUT2D eigenvalue weighted by Crippen LogP contribution is -2.30. The Morgan fingerprint density at radius 2 is 0.479 bits per heavy atom. The van der Waals surface area contributed by atoms with Crippen LogP contribution in [0.1, 0.15) is 395 Å². The van der Waals surface area contributed by atoms with Gasteiger partial charge >= 0.3 is 39.5 Å². The van der Waals surface area contributed by atoms with Crippen LogP contribution in [0.25, 0.3) is 0 Å². The van der Waals surface area contributed by atoms with E-state index in [1.54, 1.807) is 0 Å². The van der Waals surface area contributed by atoms with E-state index in [1.807, 2.05) is 0 Å². The molecule has 0 saturated heterocycles. The number of rotatable bonds is 75. The molecule has 0 amide bonds. The Labute approximate surface area is 588 Å². The molecule has 0 aromatic rings. The molecule has 0 aromatic heterocycles. The lowest BCUT2D eigenvalue weighted by Gasteiger charge is -2.21. The highest BCUT2D eigenvalue weighted by atomic mass is 31.2. The van der Waals surface area contributed by atoms with Gasteiger partial charge in [-0.1, -0.05) is 344 Å². The van der Waals surface area contributed by atoms with Crippen LogP contribution in [0.3, 0.4) is 0 Å². The van der Waals surface area contributed by atoms with E-state index in [1.165, 1.54) is 205 Å². The average molecular weight is 1410 g/mol. The number of phosphoric ester groups is 2. The number of aliphatic hydroxyl groups excluding tert-OH is 1. The van der Waals surface area contributed by atoms with Gasteiger partial charge in [0.25, 0.3) is 0 Å². The van der Waals surface area contributed by atoms with Crippen LogP contribution in [0.15, 0.2) is 0 Å². The molecule has 0 rings (SSSR count). The van der Waals surface area contributed by atoms with Crippen molar-refractivity contribution in [1.82, 2.24) is 0 Å². The average Bonchev–Trinajstić information content (AvgIpc) is 1.41. The second kappa shape index (κ2) is 67.5. The van der Waals surface area contributed by atoms with E-state index < -0.39 is 97.5 Å². The number of unbranched alkanes of at least 4 members (excludes halogenated alkanes) is 43. The summed E-state index contributed by atoms with van der Waals surface area (Å²) in [7, 11) is -9.91. The largest absolute Gasteiger partial charge is 0.472 e. The Hall–Kier alpha value is -1.94. The molecule has 0 spiro atoms. The molecule has 0 bridgehead atoms. The third kappa shape index (κ3) is 70.5. The molecular weight excluding hydrogens is 1260 g/mol. The summed E-state index contributed by atoms with van der Waals surface area (Å²) < 4.78 is 68.5. The molecule has 17 nitrogen and oxygen atoms in total. The van der Waals surface area contributed by atoms with Gasteiger partial charge in [0.05, 0.1) is 26.4 Å². The number of carbonyl (C=O) groups excluding carboxylic acids is 4. The first kappa shape index (κ1) is 94.1. The highest BCUT2D eigenvalue weighted by Crippen LogP contribution is 2.45. The second-order valence-electron chi connectivity index (χ2n) is 29.2. The van der Waals surface area contributed by atoms with Crippen molar-refractivity contribution in [3.63, 3.8) is 0 Å². The molecule has 0 aliphatic rings. The van der Waals surface area contributed by atoms with E-state index in [0.717, 1.165) is 108 Å². The first-order valence-corrected chi connectivity index (χ1v) is 42.8. The molecular formula is C77H150O17P2. The molecule has 2 unspecified atom stereocenters. The molecule has 570 valence electrons. The van der Waals surface area contributed by atoms with Gasteiger partial charge < -0.3 is 33.8 Å². The summed E-state index contributed by atoms with van der Waals surface area (Å²) in [6.45, 7) is 11.9. The van der Waals surface area contributed by atoms with Crippen LogP contribution >= 0.6 is 15.6 Å². The molecule has 96 heavy (non-hydrogen) atoms. The fraction of sp³-hybridized carbons (Fsp3) is 0.948. The van der Waals surface area contributed by atoms with Crippen LogP contribution < -0.4 is 0 Å². The minimum absolute atomic E-state index is 0.105. The van der Waals surface area contributed by atoms with Crippen molar-refractivity contribution in [1.29, 1.82) is 0 Å². The van der Waals surface area contributed by atoms with Gasteiger partial charge in [-0.2, -0.15) is 0 Å². The van der Waals surface area contributed by atoms with E-state index in [0.29, 0.717) is 25.7 Å². The Morgan fingerprint density at radius 3 is 0.708 bits per heavy atom. The summed E-state index contributed by atoms with van der Waals surface area (Å²) in [5.41, 5.74) is 0. The van der Waals surface area contributed by atoms with Crippen molar-refractivity contribution in [2.24, 2.45) is 17.8 Å². The Kier molecular flexibility index (Phi) is 66.2. The topological polar surface area (TPSA) is 237 Å². The number of carbonyl (C=O) groups is 4. The van der Waals surface area contributed by atoms with Gasteiger partial charge in [-0.15, -0.1) is 0 Å². The van der Waals surface area contributed by atoms with E-state index in [4.69, 9.17) is 37.0 Å². The number of ether oxygens (including phenoxy) is 4. The summed E-state index contributed by atoms with van der Waals surface area (Å²) >= 11 is 0. The number of hydrogen-bond acceptors (Lipinski definition) is 15. The minimum Gasteiger partial charge on any atom is -0.462 e. The normalized spacial score (nSPS) is 14.1. The Balaban J connectivity index is 5.24. The number of phosphoric acid groups is 2. The molecule has 0 fully saturated rings. The van der Waals surface area contributed by atoms with Crippen molar-refractivity contribution in [3.05, 3.63) is 0 Å². The predicted octanol–water partition coefficient (Wildman–Crippen LogP) is 22.6. The lowest BCUT2D eigenvalue weighted by molar-refractivity contribution is -0.161.